The Bertz CT molecular complexity index is 750. The molecule has 0 amide bonds. The second-order valence-electron chi connectivity index (χ2n) is 5.02. The van der Waals surface area contributed by atoms with Gasteiger partial charge >= 0.3 is 12.0 Å². The van der Waals surface area contributed by atoms with Crippen LogP contribution in [0.2, 0.25) is 0 Å². The first kappa shape index (κ1) is 15.1. The number of fused-ring (bicyclic) bond motifs is 1. The lowest BCUT2D eigenvalue weighted by atomic mass is 10.1. The van der Waals surface area contributed by atoms with Crippen molar-refractivity contribution in [3.63, 3.8) is 0 Å². The molecule has 0 N–H and O–H groups in total. The maximum absolute atomic E-state index is 12.0. The average molecular weight is 316 g/mol. The van der Waals surface area contributed by atoms with Crippen LogP contribution in [-0.2, 0) is 4.74 Å². The molecule has 0 saturated carbocycles. The maximum atomic E-state index is 12.0. The number of carbonyl (C=O) groups is 1. The molecule has 0 radical (unpaired) electrons. The number of aromatic nitrogens is 2. The Morgan fingerprint density at radius 1 is 1.13 bits per heavy atom. The van der Waals surface area contributed by atoms with Crippen molar-refractivity contribution in [1.29, 1.82) is 0 Å². The lowest BCUT2D eigenvalue weighted by Crippen LogP contribution is -2.03. The van der Waals surface area contributed by atoms with E-state index in [2.05, 4.69) is 9.97 Å². The van der Waals surface area contributed by atoms with E-state index in [1.807, 2.05) is 13.0 Å². The van der Waals surface area contributed by atoms with Gasteiger partial charge in [-0.25, -0.2) is 4.79 Å². The molecule has 0 spiro atoms. The van der Waals surface area contributed by atoms with Gasteiger partial charge in [0.2, 0.25) is 11.8 Å². The predicted octanol–water partition coefficient (Wildman–Crippen LogP) is 2.83. The van der Waals surface area contributed by atoms with E-state index in [1.54, 1.807) is 19.1 Å². The van der Waals surface area contributed by atoms with E-state index in [9.17, 15) is 4.79 Å². The summed E-state index contributed by atoms with van der Waals surface area (Å²) < 4.78 is 21.3. The Labute approximate surface area is 133 Å². The molecule has 1 aromatic carbocycles. The van der Waals surface area contributed by atoms with Crippen LogP contribution >= 0.6 is 0 Å². The van der Waals surface area contributed by atoms with E-state index < -0.39 is 5.97 Å². The molecule has 0 fully saturated rings. The number of hydrogen-bond donors (Lipinski definition) is 0. The van der Waals surface area contributed by atoms with Crippen LogP contribution in [0.3, 0.4) is 0 Å². The van der Waals surface area contributed by atoms with E-state index in [1.165, 1.54) is 14.2 Å². The first-order valence-corrected chi connectivity index (χ1v) is 7.03. The molecule has 1 aromatic heterocycles. The van der Waals surface area contributed by atoms with Crippen molar-refractivity contribution in [3.05, 3.63) is 34.9 Å². The second kappa shape index (κ2) is 5.75. The molecule has 120 valence electrons. The van der Waals surface area contributed by atoms with E-state index in [0.717, 1.165) is 5.56 Å². The molecule has 7 nitrogen and oxygen atoms in total. The normalized spacial score (nSPS) is 15.8. The van der Waals surface area contributed by atoms with Crippen LogP contribution in [0.1, 0.15) is 34.5 Å². The van der Waals surface area contributed by atoms with Gasteiger partial charge in [0.25, 0.3) is 0 Å². The molecule has 0 saturated heterocycles. The van der Waals surface area contributed by atoms with Gasteiger partial charge < -0.3 is 18.9 Å². The van der Waals surface area contributed by atoms with Gasteiger partial charge in [-0.1, -0.05) is 12.1 Å². The van der Waals surface area contributed by atoms with Crippen molar-refractivity contribution in [3.8, 4) is 23.5 Å². The van der Waals surface area contributed by atoms with E-state index in [0.29, 0.717) is 28.6 Å². The number of cyclic esters (lactones) is 1. The summed E-state index contributed by atoms with van der Waals surface area (Å²) in [5.74, 6) is 0.602. The third-order valence-electron chi connectivity index (χ3n) is 3.61. The van der Waals surface area contributed by atoms with Crippen LogP contribution in [0.4, 0.5) is 0 Å². The summed E-state index contributed by atoms with van der Waals surface area (Å²) in [5, 5.41) is 0. The Balaban J connectivity index is 2.03. The standard InChI is InChI=1S/C16H16N2O5/c1-8-13(20-3)17-16(18-14(8)21-4)23-11-7-5-6-10-9(2)22-15(19)12(10)11/h5-7,9H,1-4H3. The number of esters is 1. The third-order valence-corrected chi connectivity index (χ3v) is 3.61. The molecule has 7 heteroatoms. The fourth-order valence-corrected chi connectivity index (χ4v) is 2.47. The van der Waals surface area contributed by atoms with Gasteiger partial charge in [-0.15, -0.1) is 0 Å². The van der Waals surface area contributed by atoms with Gasteiger partial charge in [0.1, 0.15) is 17.4 Å². The van der Waals surface area contributed by atoms with Crippen molar-refractivity contribution in [2.45, 2.75) is 20.0 Å². The lowest BCUT2D eigenvalue weighted by Gasteiger charge is -2.11. The molecule has 0 aliphatic carbocycles. The topological polar surface area (TPSA) is 79.8 Å². The second-order valence-corrected chi connectivity index (χ2v) is 5.02. The molecular weight excluding hydrogens is 300 g/mol. The minimum absolute atomic E-state index is 0.0325. The van der Waals surface area contributed by atoms with Crippen LogP contribution in [0.15, 0.2) is 18.2 Å². The van der Waals surface area contributed by atoms with Gasteiger partial charge in [0.05, 0.1) is 19.8 Å². The van der Waals surface area contributed by atoms with Crippen molar-refractivity contribution >= 4 is 5.97 Å². The molecule has 2 heterocycles. The highest BCUT2D eigenvalue weighted by Gasteiger charge is 2.31. The molecule has 23 heavy (non-hydrogen) atoms. The molecule has 1 aliphatic heterocycles. The quantitative estimate of drug-likeness (QED) is 0.802. The number of methoxy groups -OCH3 is 2. The van der Waals surface area contributed by atoms with Crippen molar-refractivity contribution in [2.75, 3.05) is 14.2 Å². The number of rotatable bonds is 4. The highest BCUT2D eigenvalue weighted by molar-refractivity contribution is 5.97. The largest absolute Gasteiger partial charge is 0.481 e. The maximum Gasteiger partial charge on any atom is 0.342 e. The minimum Gasteiger partial charge on any atom is -0.481 e. The van der Waals surface area contributed by atoms with Crippen LogP contribution < -0.4 is 14.2 Å². The van der Waals surface area contributed by atoms with E-state index in [-0.39, 0.29) is 12.1 Å². The third kappa shape index (κ3) is 2.54. The molecule has 3 rings (SSSR count). The van der Waals surface area contributed by atoms with E-state index in [4.69, 9.17) is 18.9 Å². The Kier molecular flexibility index (Phi) is 3.77. The summed E-state index contributed by atoms with van der Waals surface area (Å²) in [6, 6.07) is 5.31. The van der Waals surface area contributed by atoms with Crippen molar-refractivity contribution in [1.82, 2.24) is 9.97 Å². The fraction of sp³-hybridized carbons (Fsp3) is 0.312. The molecule has 1 aliphatic rings. The van der Waals surface area contributed by atoms with Crippen LogP contribution in [0, 0.1) is 6.92 Å². The number of carbonyl (C=O) groups excluding carboxylic acids is 1. The highest BCUT2D eigenvalue weighted by atomic mass is 16.6. The van der Waals surface area contributed by atoms with Gasteiger partial charge in [-0.05, 0) is 19.9 Å². The van der Waals surface area contributed by atoms with Crippen molar-refractivity contribution < 1.29 is 23.7 Å². The van der Waals surface area contributed by atoms with Crippen molar-refractivity contribution in [2.24, 2.45) is 0 Å². The summed E-state index contributed by atoms with van der Waals surface area (Å²) in [7, 11) is 3.00. The van der Waals surface area contributed by atoms with Crippen LogP contribution in [-0.4, -0.2) is 30.2 Å². The first-order chi connectivity index (χ1) is 11.0. The monoisotopic (exact) mass is 316 g/mol. The first-order valence-electron chi connectivity index (χ1n) is 7.03. The Morgan fingerprint density at radius 2 is 1.78 bits per heavy atom. The Morgan fingerprint density at radius 3 is 2.39 bits per heavy atom. The molecule has 1 atom stereocenters. The fourth-order valence-electron chi connectivity index (χ4n) is 2.47. The summed E-state index contributed by atoms with van der Waals surface area (Å²) in [4.78, 5) is 20.3. The molecule has 2 aromatic rings. The minimum atomic E-state index is -0.422. The number of benzene rings is 1. The number of nitrogens with zero attached hydrogens (tertiary/aromatic N) is 2. The van der Waals surface area contributed by atoms with E-state index >= 15 is 0 Å². The smallest absolute Gasteiger partial charge is 0.342 e. The number of ether oxygens (including phenoxy) is 4. The predicted molar refractivity (Wildman–Crippen MR) is 80.2 cm³/mol. The van der Waals surface area contributed by atoms with Gasteiger partial charge in [0.15, 0.2) is 0 Å². The molecule has 0 bridgehead atoms. The zero-order chi connectivity index (χ0) is 16.6. The zero-order valence-electron chi connectivity index (χ0n) is 13.2. The summed E-state index contributed by atoms with van der Waals surface area (Å²) >= 11 is 0. The van der Waals surface area contributed by atoms with Crippen LogP contribution in [0.25, 0.3) is 0 Å². The number of hydrogen-bond acceptors (Lipinski definition) is 7. The van der Waals surface area contributed by atoms with Gasteiger partial charge in [-0.3, -0.25) is 0 Å². The summed E-state index contributed by atoms with van der Waals surface area (Å²) in [6.45, 7) is 3.59. The lowest BCUT2D eigenvalue weighted by molar-refractivity contribution is 0.0420. The zero-order valence-corrected chi connectivity index (χ0v) is 13.2. The van der Waals surface area contributed by atoms with Gasteiger partial charge in [0, 0.05) is 5.56 Å². The summed E-state index contributed by atoms with van der Waals surface area (Å²) in [5.41, 5.74) is 1.83. The molecular formula is C16H16N2O5. The average Bonchev–Trinajstić information content (AvgIpc) is 2.84. The van der Waals surface area contributed by atoms with Crippen LogP contribution in [0.5, 0.6) is 23.5 Å². The molecule has 1 unspecified atom stereocenters. The van der Waals surface area contributed by atoms with Gasteiger partial charge in [-0.2, -0.15) is 9.97 Å². The SMILES string of the molecule is COc1nc(Oc2cccc3c2C(=O)OC3C)nc(OC)c1C. The highest BCUT2D eigenvalue weighted by Crippen LogP contribution is 2.38. The summed E-state index contributed by atoms with van der Waals surface area (Å²) in [6.07, 6.45) is -0.302. The Hall–Kier alpha value is -2.83.